The number of nitrogens with one attached hydrogen (secondary N) is 1. The van der Waals surface area contributed by atoms with Crippen LogP contribution in [0.3, 0.4) is 0 Å². The maximum atomic E-state index is 5.45. The molecular formula is C15H15N3O. The van der Waals surface area contributed by atoms with Crippen molar-refractivity contribution in [2.45, 2.75) is 20.4 Å². The van der Waals surface area contributed by atoms with Crippen LogP contribution < -0.4 is 5.32 Å². The van der Waals surface area contributed by atoms with Gasteiger partial charge in [0.15, 0.2) is 11.5 Å². The lowest BCUT2D eigenvalue weighted by molar-refractivity contribution is 0.561. The van der Waals surface area contributed by atoms with E-state index in [1.54, 1.807) is 0 Å². The molecule has 4 nitrogen and oxygen atoms in total. The molecule has 0 aliphatic heterocycles. The Morgan fingerprint density at radius 2 is 2.05 bits per heavy atom. The first kappa shape index (κ1) is 11.7. The Hall–Kier alpha value is -2.36. The number of aryl methyl sites for hydroxylation is 2. The summed E-state index contributed by atoms with van der Waals surface area (Å²) in [5, 5.41) is 3.34. The van der Waals surface area contributed by atoms with E-state index in [4.69, 9.17) is 4.42 Å². The summed E-state index contributed by atoms with van der Waals surface area (Å²) in [5.74, 6) is 0.687. The number of pyridine rings is 1. The topological polar surface area (TPSA) is 51.0 Å². The second kappa shape index (κ2) is 4.72. The molecule has 1 aromatic carbocycles. The van der Waals surface area contributed by atoms with Gasteiger partial charge in [0, 0.05) is 18.8 Å². The van der Waals surface area contributed by atoms with Crippen LogP contribution in [0.5, 0.6) is 0 Å². The van der Waals surface area contributed by atoms with Crippen molar-refractivity contribution >= 4 is 16.8 Å². The first-order valence-corrected chi connectivity index (χ1v) is 6.23. The zero-order valence-electron chi connectivity index (χ0n) is 11.0. The first-order valence-electron chi connectivity index (χ1n) is 6.23. The molecule has 4 heteroatoms. The SMILES string of the molecule is Cc1ccc(CNc2ccc3oc(C)nc3c2)nc1. The van der Waals surface area contributed by atoms with Crippen molar-refractivity contribution < 1.29 is 4.42 Å². The van der Waals surface area contributed by atoms with Crippen LogP contribution in [0.15, 0.2) is 40.9 Å². The van der Waals surface area contributed by atoms with E-state index in [9.17, 15) is 0 Å². The largest absolute Gasteiger partial charge is 0.441 e. The van der Waals surface area contributed by atoms with E-state index in [1.807, 2.05) is 44.3 Å². The van der Waals surface area contributed by atoms with Crippen LogP contribution in [-0.4, -0.2) is 9.97 Å². The van der Waals surface area contributed by atoms with Crippen LogP contribution in [0, 0.1) is 13.8 Å². The number of benzene rings is 1. The summed E-state index contributed by atoms with van der Waals surface area (Å²) in [5.41, 5.74) is 4.89. The van der Waals surface area contributed by atoms with E-state index in [0.29, 0.717) is 12.4 Å². The molecular weight excluding hydrogens is 238 g/mol. The van der Waals surface area contributed by atoms with Crippen LogP contribution >= 0.6 is 0 Å². The van der Waals surface area contributed by atoms with E-state index in [2.05, 4.69) is 21.4 Å². The third kappa shape index (κ3) is 2.57. The van der Waals surface area contributed by atoms with Crippen molar-refractivity contribution in [3.63, 3.8) is 0 Å². The number of hydrogen-bond acceptors (Lipinski definition) is 4. The minimum absolute atomic E-state index is 0.687. The van der Waals surface area contributed by atoms with Crippen molar-refractivity contribution in [3.8, 4) is 0 Å². The molecule has 0 aliphatic carbocycles. The lowest BCUT2D eigenvalue weighted by Gasteiger charge is -2.05. The van der Waals surface area contributed by atoms with Gasteiger partial charge in [-0.25, -0.2) is 4.98 Å². The third-order valence-electron chi connectivity index (χ3n) is 2.94. The number of oxazole rings is 1. The van der Waals surface area contributed by atoms with Gasteiger partial charge in [0.1, 0.15) is 5.52 Å². The Labute approximate surface area is 111 Å². The normalized spacial score (nSPS) is 10.8. The molecule has 0 saturated carbocycles. The highest BCUT2D eigenvalue weighted by atomic mass is 16.3. The highest BCUT2D eigenvalue weighted by Gasteiger charge is 2.03. The molecule has 0 amide bonds. The van der Waals surface area contributed by atoms with E-state index in [0.717, 1.165) is 22.5 Å². The van der Waals surface area contributed by atoms with Crippen LogP contribution in [-0.2, 0) is 6.54 Å². The predicted octanol–water partition coefficient (Wildman–Crippen LogP) is 3.45. The monoisotopic (exact) mass is 253 g/mol. The van der Waals surface area contributed by atoms with Crippen LogP contribution in [0.2, 0.25) is 0 Å². The minimum Gasteiger partial charge on any atom is -0.441 e. The Bertz CT molecular complexity index is 701. The highest BCUT2D eigenvalue weighted by molar-refractivity contribution is 5.77. The Morgan fingerprint density at radius 3 is 2.84 bits per heavy atom. The first-order chi connectivity index (χ1) is 9.20. The lowest BCUT2D eigenvalue weighted by atomic mass is 10.2. The Morgan fingerprint density at radius 1 is 1.16 bits per heavy atom. The lowest BCUT2D eigenvalue weighted by Crippen LogP contribution is -2.01. The smallest absolute Gasteiger partial charge is 0.192 e. The van der Waals surface area contributed by atoms with Gasteiger partial charge in [0.05, 0.1) is 12.2 Å². The number of aromatic nitrogens is 2. The molecule has 0 atom stereocenters. The zero-order valence-corrected chi connectivity index (χ0v) is 11.0. The second-order valence-electron chi connectivity index (χ2n) is 4.60. The summed E-state index contributed by atoms with van der Waals surface area (Å²) in [6.45, 7) is 4.58. The number of rotatable bonds is 3. The molecule has 19 heavy (non-hydrogen) atoms. The van der Waals surface area contributed by atoms with Crippen molar-refractivity contribution in [1.29, 1.82) is 0 Å². The number of nitrogens with zero attached hydrogens (tertiary/aromatic N) is 2. The minimum atomic E-state index is 0.687. The van der Waals surface area contributed by atoms with Gasteiger partial charge in [-0.2, -0.15) is 0 Å². The van der Waals surface area contributed by atoms with Gasteiger partial charge in [-0.05, 0) is 36.8 Å². The molecule has 0 bridgehead atoms. The molecule has 2 heterocycles. The fourth-order valence-corrected chi connectivity index (χ4v) is 1.95. The highest BCUT2D eigenvalue weighted by Crippen LogP contribution is 2.19. The number of fused-ring (bicyclic) bond motifs is 1. The van der Waals surface area contributed by atoms with E-state index in [1.165, 1.54) is 5.56 Å². The summed E-state index contributed by atoms with van der Waals surface area (Å²) >= 11 is 0. The molecule has 96 valence electrons. The van der Waals surface area contributed by atoms with E-state index in [-0.39, 0.29) is 0 Å². The van der Waals surface area contributed by atoms with Crippen molar-refractivity contribution in [3.05, 3.63) is 53.7 Å². The van der Waals surface area contributed by atoms with Crippen molar-refractivity contribution in [2.24, 2.45) is 0 Å². The maximum Gasteiger partial charge on any atom is 0.192 e. The second-order valence-corrected chi connectivity index (χ2v) is 4.60. The van der Waals surface area contributed by atoms with E-state index >= 15 is 0 Å². The van der Waals surface area contributed by atoms with Crippen molar-refractivity contribution in [2.75, 3.05) is 5.32 Å². The molecule has 0 spiro atoms. The molecule has 0 aliphatic rings. The van der Waals surface area contributed by atoms with Crippen LogP contribution in [0.1, 0.15) is 17.1 Å². The predicted molar refractivity (Wildman–Crippen MR) is 75.0 cm³/mol. The standard InChI is InChI=1S/C15H15N3O/c1-10-3-4-13(16-8-10)9-17-12-5-6-15-14(7-12)18-11(2)19-15/h3-8,17H,9H2,1-2H3. The van der Waals surface area contributed by atoms with Gasteiger partial charge in [-0.15, -0.1) is 0 Å². The van der Waals surface area contributed by atoms with Gasteiger partial charge in [0.2, 0.25) is 0 Å². The van der Waals surface area contributed by atoms with Crippen LogP contribution in [0.25, 0.3) is 11.1 Å². The molecule has 3 aromatic rings. The molecule has 0 radical (unpaired) electrons. The van der Waals surface area contributed by atoms with Crippen molar-refractivity contribution in [1.82, 2.24) is 9.97 Å². The van der Waals surface area contributed by atoms with Gasteiger partial charge in [-0.3, -0.25) is 4.98 Å². The van der Waals surface area contributed by atoms with Gasteiger partial charge >= 0.3 is 0 Å². The maximum absolute atomic E-state index is 5.45. The fraction of sp³-hybridized carbons (Fsp3) is 0.200. The molecule has 2 aromatic heterocycles. The van der Waals surface area contributed by atoms with Gasteiger partial charge < -0.3 is 9.73 Å². The average Bonchev–Trinajstić information content (AvgIpc) is 2.77. The molecule has 1 N–H and O–H groups in total. The van der Waals surface area contributed by atoms with Crippen LogP contribution in [0.4, 0.5) is 5.69 Å². The fourth-order valence-electron chi connectivity index (χ4n) is 1.95. The number of hydrogen-bond donors (Lipinski definition) is 1. The van der Waals surface area contributed by atoms with Gasteiger partial charge in [-0.1, -0.05) is 6.07 Å². The Balaban J connectivity index is 1.75. The zero-order chi connectivity index (χ0) is 13.2. The summed E-state index contributed by atoms with van der Waals surface area (Å²) in [4.78, 5) is 8.68. The average molecular weight is 253 g/mol. The summed E-state index contributed by atoms with van der Waals surface area (Å²) in [6.07, 6.45) is 1.88. The number of anilines is 1. The van der Waals surface area contributed by atoms with E-state index < -0.39 is 0 Å². The quantitative estimate of drug-likeness (QED) is 0.776. The molecule has 0 saturated heterocycles. The molecule has 3 rings (SSSR count). The summed E-state index contributed by atoms with van der Waals surface area (Å²) < 4.78 is 5.45. The summed E-state index contributed by atoms with van der Waals surface area (Å²) in [6, 6.07) is 10.00. The summed E-state index contributed by atoms with van der Waals surface area (Å²) in [7, 11) is 0. The Kier molecular flexibility index (Phi) is 2.91. The molecule has 0 unspecified atom stereocenters. The third-order valence-corrected chi connectivity index (χ3v) is 2.94. The molecule has 0 fully saturated rings. The van der Waals surface area contributed by atoms with Gasteiger partial charge in [0.25, 0.3) is 0 Å².